The van der Waals surface area contributed by atoms with Crippen LogP contribution in [0.4, 0.5) is 17.1 Å². The summed E-state index contributed by atoms with van der Waals surface area (Å²) in [5, 5.41) is 1.64. The summed E-state index contributed by atoms with van der Waals surface area (Å²) < 4.78 is 115. The predicted molar refractivity (Wildman–Crippen MR) is 238 cm³/mol. The molecule has 0 saturated carbocycles. The third-order valence-electron chi connectivity index (χ3n) is 10.7. The smallest absolute Gasteiger partial charge is 0.0651 e. The number of anilines is 3. The first-order valence-electron chi connectivity index (χ1n) is 24.5. The maximum atomic E-state index is 9.85. The van der Waals surface area contributed by atoms with E-state index in [1.165, 1.54) is 0 Å². The van der Waals surface area contributed by atoms with Gasteiger partial charge in [-0.3, -0.25) is 0 Å². The normalized spacial score (nSPS) is 15.6. The third kappa shape index (κ3) is 5.90. The topological polar surface area (TPSA) is 3.24 Å². The van der Waals surface area contributed by atoms with E-state index in [0.717, 1.165) is 49.1 Å². The minimum absolute atomic E-state index is 0.00800. The molecule has 0 atom stereocenters. The van der Waals surface area contributed by atoms with Crippen molar-refractivity contribution in [2.45, 2.75) is 19.3 Å². The SMILES string of the molecule is [2H]c1c([2H])c(-c2ccc3ccccc3c2)c([2H])c(N(c2c([2H])c([2H])c(-c3cccc(-c4ccccc4)c3)c([2H])c2[2H])c2c([2H])c([2H])c(-c3cccc4c3C(C)(C)c3ccccc3-4)c([2H])c2[2H])c1[2H]. The van der Waals surface area contributed by atoms with Crippen molar-refractivity contribution < 1.29 is 16.4 Å². The molecule has 9 aromatic carbocycles. The average Bonchev–Trinajstić information content (AvgIpc) is 3.58. The summed E-state index contributed by atoms with van der Waals surface area (Å²) in [5.41, 5.74) is 4.18. The monoisotopic (exact) mass is 727 g/mol. The maximum Gasteiger partial charge on any atom is 0.0651 e. The summed E-state index contributed by atoms with van der Waals surface area (Å²) in [6.45, 7) is 4.09. The minimum atomic E-state index is -0.720. The average molecular weight is 728 g/mol. The molecule has 0 amide bonds. The Labute approximate surface area is 346 Å². The Morgan fingerprint density at radius 2 is 0.982 bits per heavy atom. The van der Waals surface area contributed by atoms with E-state index >= 15 is 0 Å². The minimum Gasteiger partial charge on any atom is -0.310 e. The molecule has 0 radical (unpaired) electrons. The van der Waals surface area contributed by atoms with Crippen molar-refractivity contribution in [1.29, 1.82) is 0 Å². The quantitative estimate of drug-likeness (QED) is 0.158. The fraction of sp³-hybridized carbons (Fsp3) is 0.0545. The lowest BCUT2D eigenvalue weighted by Gasteiger charge is -2.27. The van der Waals surface area contributed by atoms with Gasteiger partial charge in [-0.05, 0) is 126 Å². The highest BCUT2D eigenvalue weighted by Gasteiger charge is 2.37. The number of rotatable bonds is 7. The van der Waals surface area contributed by atoms with Gasteiger partial charge in [0.15, 0.2) is 0 Å². The summed E-state index contributed by atoms with van der Waals surface area (Å²) in [7, 11) is 0. The van der Waals surface area contributed by atoms with Crippen molar-refractivity contribution in [2.75, 3.05) is 4.90 Å². The molecule has 0 unspecified atom stereocenters. The standard InChI is InChI=1S/C55H41N/c1-55(2)53-24-9-8-21-51(53)52-23-12-22-50(54(52)55)41-29-33-48(34-30-41)56(49-20-11-19-45(37-49)46-26-25-39-15-6-7-16-42(39)36-46)47-31-27-40(28-32-47)44-18-10-17-43(35-44)38-13-4-3-5-14-38/h3-37H,1-2H3/i11D,19D,20D,27D,28D,29D,30D,31D,32D,33D,34D,37D. The number of nitrogens with zero attached hydrogens (tertiary/aromatic N) is 1. The molecule has 1 nitrogen and oxygen atoms in total. The highest BCUT2D eigenvalue weighted by atomic mass is 15.1. The molecule has 1 aliphatic rings. The van der Waals surface area contributed by atoms with Crippen LogP contribution in [0.15, 0.2) is 212 Å². The van der Waals surface area contributed by atoms with Crippen molar-refractivity contribution in [2.24, 2.45) is 0 Å². The van der Waals surface area contributed by atoms with Gasteiger partial charge < -0.3 is 4.90 Å². The van der Waals surface area contributed by atoms with Gasteiger partial charge in [0.1, 0.15) is 0 Å². The van der Waals surface area contributed by atoms with Crippen LogP contribution in [0.5, 0.6) is 0 Å². The summed E-state index contributed by atoms with van der Waals surface area (Å²) >= 11 is 0. The Bertz CT molecular complexity index is 3530. The van der Waals surface area contributed by atoms with Gasteiger partial charge >= 0.3 is 0 Å². The van der Waals surface area contributed by atoms with Gasteiger partial charge in [0.25, 0.3) is 0 Å². The molecule has 1 heteroatoms. The lowest BCUT2D eigenvalue weighted by Crippen LogP contribution is -2.16. The Morgan fingerprint density at radius 1 is 0.393 bits per heavy atom. The second-order valence-electron chi connectivity index (χ2n) is 14.4. The number of hydrogen-bond donors (Lipinski definition) is 0. The van der Waals surface area contributed by atoms with Gasteiger partial charge in [-0.25, -0.2) is 0 Å². The summed E-state index contributed by atoms with van der Waals surface area (Å²) in [6.07, 6.45) is 0. The van der Waals surface area contributed by atoms with Crippen LogP contribution in [0.3, 0.4) is 0 Å². The Kier molecular flexibility index (Phi) is 5.65. The number of benzene rings is 9. The first kappa shape index (κ1) is 23.1. The molecular formula is C55H41N. The van der Waals surface area contributed by atoms with Crippen LogP contribution in [0.2, 0.25) is 0 Å². The molecule has 0 saturated heterocycles. The molecule has 56 heavy (non-hydrogen) atoms. The lowest BCUT2D eigenvalue weighted by atomic mass is 9.79. The molecule has 0 aromatic heterocycles. The van der Waals surface area contributed by atoms with Crippen LogP contribution in [-0.2, 0) is 5.41 Å². The molecule has 0 fully saturated rings. The van der Waals surface area contributed by atoms with Crippen molar-refractivity contribution in [3.05, 3.63) is 223 Å². The maximum absolute atomic E-state index is 9.85. The van der Waals surface area contributed by atoms with Gasteiger partial charge in [-0.15, -0.1) is 0 Å². The third-order valence-corrected chi connectivity index (χ3v) is 10.7. The zero-order chi connectivity index (χ0) is 48.1. The highest BCUT2D eigenvalue weighted by Crippen LogP contribution is 2.52. The van der Waals surface area contributed by atoms with E-state index < -0.39 is 95.0 Å². The second kappa shape index (κ2) is 13.7. The van der Waals surface area contributed by atoms with Crippen LogP contribution >= 0.6 is 0 Å². The van der Waals surface area contributed by atoms with E-state index in [4.69, 9.17) is 2.74 Å². The van der Waals surface area contributed by atoms with Crippen LogP contribution in [-0.4, -0.2) is 0 Å². The molecular weight excluding hydrogens is 675 g/mol. The molecule has 266 valence electrons. The summed E-state index contributed by atoms with van der Waals surface area (Å²) in [5.74, 6) is 0. The van der Waals surface area contributed by atoms with Gasteiger partial charge in [-0.2, -0.15) is 0 Å². The molecule has 0 N–H and O–H groups in total. The predicted octanol–water partition coefficient (Wildman–Crippen LogP) is 15.3. The molecule has 0 spiro atoms. The molecule has 0 aliphatic heterocycles. The van der Waals surface area contributed by atoms with E-state index in [9.17, 15) is 13.7 Å². The first-order valence-corrected chi connectivity index (χ1v) is 18.5. The molecule has 0 heterocycles. The highest BCUT2D eigenvalue weighted by molar-refractivity contribution is 5.91. The van der Waals surface area contributed by atoms with Crippen molar-refractivity contribution in [3.8, 4) is 55.6 Å². The van der Waals surface area contributed by atoms with Crippen molar-refractivity contribution in [3.63, 3.8) is 0 Å². The summed E-state index contributed by atoms with van der Waals surface area (Å²) in [6, 6.07) is 35.8. The van der Waals surface area contributed by atoms with Gasteiger partial charge in [0.2, 0.25) is 0 Å². The van der Waals surface area contributed by atoms with Gasteiger partial charge in [0, 0.05) is 22.5 Å². The van der Waals surface area contributed by atoms with Crippen LogP contribution in [0.1, 0.15) is 41.4 Å². The van der Waals surface area contributed by atoms with E-state index in [2.05, 4.69) is 0 Å². The Morgan fingerprint density at radius 3 is 1.77 bits per heavy atom. The largest absolute Gasteiger partial charge is 0.310 e. The molecule has 9 aromatic rings. The summed E-state index contributed by atoms with van der Waals surface area (Å²) in [4.78, 5) is 0.914. The lowest BCUT2D eigenvalue weighted by molar-refractivity contribution is 0.662. The van der Waals surface area contributed by atoms with Crippen LogP contribution in [0, 0.1) is 0 Å². The van der Waals surface area contributed by atoms with Crippen LogP contribution in [0.25, 0.3) is 66.4 Å². The fourth-order valence-corrected chi connectivity index (χ4v) is 7.93. The zero-order valence-corrected chi connectivity index (χ0v) is 30.7. The van der Waals surface area contributed by atoms with Gasteiger partial charge in [-0.1, -0.05) is 177 Å². The Hall–Kier alpha value is -6.96. The van der Waals surface area contributed by atoms with E-state index in [-0.39, 0.29) is 16.7 Å². The number of fused-ring (bicyclic) bond motifs is 4. The zero-order valence-electron chi connectivity index (χ0n) is 42.7. The number of hydrogen-bond acceptors (Lipinski definition) is 1. The Balaban J connectivity index is 1.27. The van der Waals surface area contributed by atoms with Crippen molar-refractivity contribution in [1.82, 2.24) is 0 Å². The molecule has 10 rings (SSSR count). The van der Waals surface area contributed by atoms with E-state index in [1.807, 2.05) is 111 Å². The van der Waals surface area contributed by atoms with Crippen molar-refractivity contribution >= 4 is 27.8 Å². The van der Waals surface area contributed by atoms with E-state index in [0.29, 0.717) is 16.7 Å². The fourth-order valence-electron chi connectivity index (χ4n) is 7.93. The van der Waals surface area contributed by atoms with E-state index in [1.54, 1.807) is 42.5 Å². The van der Waals surface area contributed by atoms with Gasteiger partial charge in [0.05, 0.1) is 16.4 Å². The molecule has 1 aliphatic carbocycles. The second-order valence-corrected chi connectivity index (χ2v) is 14.4. The van der Waals surface area contributed by atoms with Crippen LogP contribution < -0.4 is 4.90 Å². The first-order chi connectivity index (χ1) is 32.5. The molecule has 0 bridgehead atoms.